The molecule has 0 spiro atoms. The first-order valence-corrected chi connectivity index (χ1v) is 7.79. The minimum atomic E-state index is -0.327. The summed E-state index contributed by atoms with van der Waals surface area (Å²) in [6.45, 7) is 5.33. The Labute approximate surface area is 126 Å². The summed E-state index contributed by atoms with van der Waals surface area (Å²) in [4.78, 5) is 11.8. The van der Waals surface area contributed by atoms with Crippen LogP contribution in [0.5, 0.6) is 0 Å². The van der Waals surface area contributed by atoms with Crippen LogP contribution in [0.3, 0.4) is 0 Å². The summed E-state index contributed by atoms with van der Waals surface area (Å²) in [5.41, 5.74) is 2.89. The molecule has 116 valence electrons. The third-order valence-corrected chi connectivity index (χ3v) is 4.26. The maximum Gasteiger partial charge on any atom is 0.314 e. The van der Waals surface area contributed by atoms with Crippen molar-refractivity contribution in [3.05, 3.63) is 35.4 Å². The minimum absolute atomic E-state index is 0.101. The number of amides is 2. The van der Waals surface area contributed by atoms with Crippen molar-refractivity contribution in [2.24, 2.45) is 5.41 Å². The molecule has 1 aromatic rings. The lowest BCUT2D eigenvalue weighted by Gasteiger charge is -2.24. The van der Waals surface area contributed by atoms with Gasteiger partial charge in [0.15, 0.2) is 0 Å². The number of hydrogen-bond acceptors (Lipinski definition) is 2. The molecule has 1 aliphatic carbocycles. The topological polar surface area (TPSA) is 61.4 Å². The fourth-order valence-electron chi connectivity index (χ4n) is 2.92. The van der Waals surface area contributed by atoms with Gasteiger partial charge < -0.3 is 15.7 Å². The van der Waals surface area contributed by atoms with Gasteiger partial charge >= 0.3 is 6.03 Å². The smallest absolute Gasteiger partial charge is 0.314 e. The predicted octanol–water partition coefficient (Wildman–Crippen LogP) is 2.25. The Bertz CT molecular complexity index is 462. The Balaban J connectivity index is 1.72. The largest absolute Gasteiger partial charge is 0.393 e. The number of urea groups is 1. The highest BCUT2D eigenvalue weighted by Gasteiger charge is 2.32. The third kappa shape index (κ3) is 4.46. The maximum absolute atomic E-state index is 11.8. The molecule has 3 N–H and O–H groups in total. The van der Waals surface area contributed by atoms with Crippen molar-refractivity contribution < 1.29 is 9.90 Å². The minimum Gasteiger partial charge on any atom is -0.393 e. The zero-order valence-corrected chi connectivity index (χ0v) is 13.0. The van der Waals surface area contributed by atoms with Crippen molar-refractivity contribution >= 4 is 6.03 Å². The van der Waals surface area contributed by atoms with Crippen molar-refractivity contribution in [2.75, 3.05) is 13.1 Å². The van der Waals surface area contributed by atoms with Gasteiger partial charge in [0.2, 0.25) is 0 Å². The molecule has 0 fully saturated rings. The average molecular weight is 290 g/mol. The van der Waals surface area contributed by atoms with E-state index in [9.17, 15) is 9.90 Å². The number of aliphatic hydroxyl groups excluding tert-OH is 1. The summed E-state index contributed by atoms with van der Waals surface area (Å²) >= 11 is 0. The van der Waals surface area contributed by atoms with E-state index in [1.165, 1.54) is 11.1 Å². The van der Waals surface area contributed by atoms with Crippen molar-refractivity contribution in [3.63, 3.8) is 0 Å². The first-order chi connectivity index (χ1) is 10.0. The zero-order valence-electron chi connectivity index (χ0n) is 13.0. The Morgan fingerprint density at radius 2 is 1.90 bits per heavy atom. The number of carbonyl (C=O) groups is 1. The van der Waals surface area contributed by atoms with Crippen molar-refractivity contribution in [1.29, 1.82) is 0 Å². The normalized spacial score (nSPS) is 17.1. The molecular formula is C17H26N2O2. The van der Waals surface area contributed by atoms with Gasteiger partial charge in [-0.2, -0.15) is 0 Å². The molecule has 1 aromatic carbocycles. The maximum atomic E-state index is 11.8. The van der Waals surface area contributed by atoms with Crippen LogP contribution in [0.25, 0.3) is 0 Å². The summed E-state index contributed by atoms with van der Waals surface area (Å²) in [5.74, 6) is 0. The molecule has 4 nitrogen and oxygen atoms in total. The fourth-order valence-corrected chi connectivity index (χ4v) is 2.92. The molecule has 0 aliphatic heterocycles. The van der Waals surface area contributed by atoms with Crippen LogP contribution >= 0.6 is 0 Å². The van der Waals surface area contributed by atoms with Crippen LogP contribution in [0.2, 0.25) is 0 Å². The lowest BCUT2D eigenvalue weighted by Crippen LogP contribution is -2.42. The third-order valence-electron chi connectivity index (χ3n) is 4.26. The number of rotatable bonds is 6. The van der Waals surface area contributed by atoms with E-state index < -0.39 is 0 Å². The molecule has 2 amide bonds. The first-order valence-electron chi connectivity index (χ1n) is 7.79. The monoisotopic (exact) mass is 290 g/mol. The standard InChI is InChI=1S/C17H26N2O2/c1-3-15(20)8-9-18-16(21)19-12-17(2)10-13-6-4-5-7-14(13)11-17/h4-7,15,20H,3,8-12H2,1-2H3,(H2,18,19,21). The lowest BCUT2D eigenvalue weighted by molar-refractivity contribution is 0.160. The summed E-state index contributed by atoms with van der Waals surface area (Å²) in [7, 11) is 0. The van der Waals surface area contributed by atoms with Gasteiger partial charge in [0.1, 0.15) is 0 Å². The van der Waals surface area contributed by atoms with E-state index in [1.807, 2.05) is 6.92 Å². The van der Waals surface area contributed by atoms with E-state index in [-0.39, 0.29) is 17.6 Å². The number of aliphatic hydroxyl groups is 1. The van der Waals surface area contributed by atoms with Gasteiger partial charge in [-0.15, -0.1) is 0 Å². The van der Waals surface area contributed by atoms with E-state index in [0.717, 1.165) is 19.3 Å². The molecule has 2 rings (SSSR count). The number of hydrogen-bond donors (Lipinski definition) is 3. The lowest BCUT2D eigenvalue weighted by atomic mass is 9.87. The van der Waals surface area contributed by atoms with Crippen LogP contribution in [0.1, 0.15) is 37.8 Å². The van der Waals surface area contributed by atoms with Gasteiger partial charge in [-0.25, -0.2) is 4.79 Å². The van der Waals surface area contributed by atoms with Crippen molar-refractivity contribution in [3.8, 4) is 0 Å². The molecule has 0 bridgehead atoms. The Hall–Kier alpha value is -1.55. The summed E-state index contributed by atoms with van der Waals surface area (Å²) in [6, 6.07) is 8.35. The van der Waals surface area contributed by atoms with Gasteiger partial charge in [-0.05, 0) is 42.2 Å². The van der Waals surface area contributed by atoms with Crippen LogP contribution in [-0.2, 0) is 12.8 Å². The zero-order chi connectivity index (χ0) is 15.3. The van der Waals surface area contributed by atoms with Gasteiger partial charge in [0.05, 0.1) is 6.10 Å². The molecule has 1 atom stereocenters. The highest BCUT2D eigenvalue weighted by atomic mass is 16.3. The van der Waals surface area contributed by atoms with Gasteiger partial charge in [-0.1, -0.05) is 38.1 Å². The second-order valence-electron chi connectivity index (χ2n) is 6.39. The van der Waals surface area contributed by atoms with Gasteiger partial charge in [-0.3, -0.25) is 0 Å². The first kappa shape index (κ1) is 15.8. The van der Waals surface area contributed by atoms with E-state index in [4.69, 9.17) is 0 Å². The Morgan fingerprint density at radius 1 is 1.29 bits per heavy atom. The SMILES string of the molecule is CCC(O)CCNC(=O)NCC1(C)Cc2ccccc2C1. The van der Waals surface area contributed by atoms with E-state index in [0.29, 0.717) is 19.5 Å². The predicted molar refractivity (Wildman–Crippen MR) is 84.3 cm³/mol. The number of carbonyl (C=O) groups excluding carboxylic acids is 1. The van der Waals surface area contributed by atoms with Crippen molar-refractivity contribution in [2.45, 2.75) is 45.6 Å². The van der Waals surface area contributed by atoms with Crippen LogP contribution in [-0.4, -0.2) is 30.3 Å². The quantitative estimate of drug-likeness (QED) is 0.752. The Kier molecular flexibility index (Phi) is 5.23. The molecule has 1 aliphatic rings. The van der Waals surface area contributed by atoms with E-state index in [2.05, 4.69) is 41.8 Å². The second kappa shape index (κ2) is 6.94. The summed E-state index contributed by atoms with van der Waals surface area (Å²) < 4.78 is 0. The fraction of sp³-hybridized carbons (Fsp3) is 0.588. The van der Waals surface area contributed by atoms with E-state index in [1.54, 1.807) is 0 Å². The van der Waals surface area contributed by atoms with Crippen LogP contribution < -0.4 is 10.6 Å². The summed E-state index contributed by atoms with van der Waals surface area (Å²) in [6.07, 6.45) is 3.02. The van der Waals surface area contributed by atoms with Gasteiger partial charge in [0.25, 0.3) is 0 Å². The van der Waals surface area contributed by atoms with Crippen LogP contribution in [0.4, 0.5) is 4.79 Å². The molecule has 0 saturated heterocycles. The van der Waals surface area contributed by atoms with Crippen LogP contribution in [0, 0.1) is 5.41 Å². The molecule has 0 saturated carbocycles. The Morgan fingerprint density at radius 3 is 2.48 bits per heavy atom. The summed E-state index contributed by atoms with van der Waals surface area (Å²) in [5, 5.41) is 15.2. The number of fused-ring (bicyclic) bond motifs is 1. The molecule has 1 unspecified atom stereocenters. The molecule has 0 aromatic heterocycles. The highest BCUT2D eigenvalue weighted by molar-refractivity contribution is 5.73. The molecule has 0 radical (unpaired) electrons. The highest BCUT2D eigenvalue weighted by Crippen LogP contribution is 2.35. The number of nitrogens with one attached hydrogen (secondary N) is 2. The van der Waals surface area contributed by atoms with Crippen molar-refractivity contribution in [1.82, 2.24) is 10.6 Å². The van der Waals surface area contributed by atoms with Gasteiger partial charge in [0, 0.05) is 13.1 Å². The molecule has 0 heterocycles. The molecular weight excluding hydrogens is 264 g/mol. The molecule has 21 heavy (non-hydrogen) atoms. The van der Waals surface area contributed by atoms with Crippen LogP contribution in [0.15, 0.2) is 24.3 Å². The average Bonchev–Trinajstić information content (AvgIpc) is 2.81. The van der Waals surface area contributed by atoms with E-state index >= 15 is 0 Å². The second-order valence-corrected chi connectivity index (χ2v) is 6.39. The molecule has 4 heteroatoms. The number of benzene rings is 1.